The van der Waals surface area contributed by atoms with E-state index in [0.717, 1.165) is 0 Å². The summed E-state index contributed by atoms with van der Waals surface area (Å²) < 4.78 is 4.73. The molecule has 2 amide bonds. The topological polar surface area (TPSA) is 108 Å². The second-order valence-electron chi connectivity index (χ2n) is 4.99. The number of ether oxygens (including phenoxy) is 1. The van der Waals surface area contributed by atoms with Crippen molar-refractivity contribution in [3.63, 3.8) is 0 Å². The molecule has 0 bridgehead atoms. The number of carbonyl (C=O) groups excluding carboxylic acids is 2. The largest absolute Gasteiger partial charge is 0.508 e. The average Bonchev–Trinajstić information content (AvgIpc) is 2.53. The fourth-order valence-electron chi connectivity index (χ4n) is 1.97. The van der Waals surface area contributed by atoms with Crippen LogP contribution in [-0.4, -0.2) is 47.2 Å². The fourth-order valence-corrected chi connectivity index (χ4v) is 2.13. The number of phenols is 1. The highest BCUT2D eigenvalue weighted by atomic mass is 35.5. The first-order valence-corrected chi connectivity index (χ1v) is 7.25. The number of esters is 1. The van der Waals surface area contributed by atoms with Crippen LogP contribution in [0.4, 0.5) is 4.79 Å². The van der Waals surface area contributed by atoms with Crippen molar-refractivity contribution < 1.29 is 19.4 Å². The van der Waals surface area contributed by atoms with Crippen molar-refractivity contribution in [2.45, 2.75) is 18.9 Å². The van der Waals surface area contributed by atoms with Gasteiger partial charge in [0.15, 0.2) is 0 Å². The maximum atomic E-state index is 12.1. The van der Waals surface area contributed by atoms with Gasteiger partial charge in [-0.05, 0) is 24.6 Å². The molecule has 1 aromatic carbocycles. The van der Waals surface area contributed by atoms with Gasteiger partial charge in [-0.15, -0.1) is 16.5 Å². The smallest absolute Gasteiger partial charge is 0.341 e. The molecule has 0 fully saturated rings. The molecule has 0 saturated carbocycles. The predicted octanol–water partition coefficient (Wildman–Crippen LogP) is 1.80. The summed E-state index contributed by atoms with van der Waals surface area (Å²) in [5, 5.41) is 14.9. The van der Waals surface area contributed by atoms with E-state index in [4.69, 9.17) is 16.3 Å². The Labute approximate surface area is 138 Å². The summed E-state index contributed by atoms with van der Waals surface area (Å²) in [5.74, 6) is -0.585. The molecule has 2 N–H and O–H groups in total. The quantitative estimate of drug-likeness (QED) is 0.339. The first kappa shape index (κ1) is 18.7. The molecule has 0 aliphatic carbocycles. The Morgan fingerprint density at radius 2 is 2.00 bits per heavy atom. The number of urea groups is 1. The van der Waals surface area contributed by atoms with Gasteiger partial charge >= 0.3 is 12.0 Å². The number of nitroso groups, excluding NO2 is 1. The molecule has 1 aromatic rings. The summed E-state index contributed by atoms with van der Waals surface area (Å²) in [6.45, 7) is 1.38. The van der Waals surface area contributed by atoms with Gasteiger partial charge < -0.3 is 15.2 Å². The van der Waals surface area contributed by atoms with Crippen molar-refractivity contribution >= 4 is 23.6 Å². The summed E-state index contributed by atoms with van der Waals surface area (Å²) in [6.07, 6.45) is 0.0965. The maximum Gasteiger partial charge on any atom is 0.341 e. The second kappa shape index (κ2) is 8.33. The van der Waals surface area contributed by atoms with Gasteiger partial charge in [-0.1, -0.05) is 12.1 Å². The third-order valence-corrected chi connectivity index (χ3v) is 3.31. The lowest BCUT2D eigenvalue weighted by molar-refractivity contribution is -0.147. The number of amides is 2. The minimum Gasteiger partial charge on any atom is -0.508 e. The highest BCUT2D eigenvalue weighted by molar-refractivity contribution is 6.18. The SMILES string of the molecule is COC(=O)C(C)(Cc1ccc(O)cc1)NC(=O)N(CCCl)N=O. The van der Waals surface area contributed by atoms with Crippen molar-refractivity contribution in [3.8, 4) is 5.75 Å². The number of hydrogen-bond donors (Lipinski definition) is 2. The van der Waals surface area contributed by atoms with Crippen LogP contribution in [-0.2, 0) is 16.0 Å². The number of hydrogen-bond acceptors (Lipinski definition) is 6. The molecular formula is C14H18ClN3O5. The van der Waals surface area contributed by atoms with Crippen LogP contribution in [0.1, 0.15) is 12.5 Å². The molecule has 0 aliphatic rings. The minimum absolute atomic E-state index is 0.0199. The molecular weight excluding hydrogens is 326 g/mol. The van der Waals surface area contributed by atoms with Gasteiger partial charge in [0.2, 0.25) is 0 Å². The van der Waals surface area contributed by atoms with E-state index < -0.39 is 17.5 Å². The monoisotopic (exact) mass is 343 g/mol. The molecule has 0 radical (unpaired) electrons. The van der Waals surface area contributed by atoms with Crippen LogP contribution in [0.5, 0.6) is 5.75 Å². The minimum atomic E-state index is -1.42. The summed E-state index contributed by atoms with van der Waals surface area (Å²) in [7, 11) is 1.19. The zero-order chi connectivity index (χ0) is 17.5. The highest BCUT2D eigenvalue weighted by Gasteiger charge is 2.37. The Morgan fingerprint density at radius 1 is 1.39 bits per heavy atom. The Balaban J connectivity index is 2.97. The lowest BCUT2D eigenvalue weighted by Crippen LogP contribution is -2.57. The Hall–Kier alpha value is -2.35. The third kappa shape index (κ3) is 5.10. The van der Waals surface area contributed by atoms with Crippen LogP contribution in [0.2, 0.25) is 0 Å². The Bertz CT molecular complexity index is 566. The van der Waals surface area contributed by atoms with Crippen LogP contribution in [0.3, 0.4) is 0 Å². The number of rotatable bonds is 7. The first-order chi connectivity index (χ1) is 10.9. The van der Waals surface area contributed by atoms with Crippen LogP contribution in [0, 0.1) is 4.91 Å². The van der Waals surface area contributed by atoms with Gasteiger partial charge in [-0.2, -0.15) is 5.01 Å². The maximum absolute atomic E-state index is 12.1. The Morgan fingerprint density at radius 3 is 2.48 bits per heavy atom. The van der Waals surface area contributed by atoms with E-state index in [1.165, 1.54) is 26.2 Å². The first-order valence-electron chi connectivity index (χ1n) is 6.71. The van der Waals surface area contributed by atoms with Crippen LogP contribution in [0.15, 0.2) is 29.6 Å². The average molecular weight is 344 g/mol. The molecule has 0 heterocycles. The van der Waals surface area contributed by atoms with E-state index in [2.05, 4.69) is 10.6 Å². The molecule has 9 heteroatoms. The molecule has 1 unspecified atom stereocenters. The van der Waals surface area contributed by atoms with E-state index in [1.54, 1.807) is 12.1 Å². The van der Waals surface area contributed by atoms with Crippen molar-refractivity contribution in [1.29, 1.82) is 0 Å². The molecule has 1 rings (SSSR count). The molecule has 126 valence electrons. The normalized spacial score (nSPS) is 12.8. The number of aromatic hydroxyl groups is 1. The highest BCUT2D eigenvalue weighted by Crippen LogP contribution is 2.18. The predicted molar refractivity (Wildman–Crippen MR) is 84.0 cm³/mol. The van der Waals surface area contributed by atoms with Crippen molar-refractivity contribution in [2.75, 3.05) is 19.5 Å². The van der Waals surface area contributed by atoms with Crippen molar-refractivity contribution in [3.05, 3.63) is 34.7 Å². The van der Waals surface area contributed by atoms with Gasteiger partial charge in [0.1, 0.15) is 11.3 Å². The van der Waals surface area contributed by atoms with E-state index in [0.29, 0.717) is 10.6 Å². The van der Waals surface area contributed by atoms with E-state index in [9.17, 15) is 19.6 Å². The zero-order valence-electron chi connectivity index (χ0n) is 12.8. The van der Waals surface area contributed by atoms with Crippen LogP contribution in [0.25, 0.3) is 0 Å². The van der Waals surface area contributed by atoms with Gasteiger partial charge in [-0.3, -0.25) is 0 Å². The van der Waals surface area contributed by atoms with Crippen molar-refractivity contribution in [1.82, 2.24) is 10.3 Å². The van der Waals surface area contributed by atoms with Gasteiger partial charge in [-0.25, -0.2) is 9.59 Å². The number of alkyl halides is 1. The van der Waals surface area contributed by atoms with Gasteiger partial charge in [0, 0.05) is 12.3 Å². The van der Waals surface area contributed by atoms with E-state index in [-0.39, 0.29) is 24.6 Å². The second-order valence-corrected chi connectivity index (χ2v) is 5.37. The molecule has 1 atom stereocenters. The van der Waals surface area contributed by atoms with Gasteiger partial charge in [0.25, 0.3) is 0 Å². The standard InChI is InChI=1S/C14H18ClN3O5/c1-14(12(20)23-2,9-10-3-5-11(19)6-4-10)16-13(21)18(17-22)8-7-15/h3-6,19H,7-9H2,1-2H3,(H,16,21). The van der Waals surface area contributed by atoms with Crippen molar-refractivity contribution in [2.24, 2.45) is 5.29 Å². The summed E-state index contributed by atoms with van der Waals surface area (Å²) in [4.78, 5) is 34.8. The zero-order valence-corrected chi connectivity index (χ0v) is 13.5. The molecule has 0 aromatic heterocycles. The summed E-state index contributed by atoms with van der Waals surface area (Å²) >= 11 is 5.49. The summed E-state index contributed by atoms with van der Waals surface area (Å²) in [5.41, 5.74) is -0.739. The summed E-state index contributed by atoms with van der Waals surface area (Å²) in [6, 6.07) is 5.28. The molecule has 0 spiro atoms. The number of nitrogens with zero attached hydrogens (tertiary/aromatic N) is 2. The van der Waals surface area contributed by atoms with Crippen LogP contribution >= 0.6 is 11.6 Å². The third-order valence-electron chi connectivity index (χ3n) is 3.14. The number of methoxy groups -OCH3 is 1. The molecule has 23 heavy (non-hydrogen) atoms. The fraction of sp³-hybridized carbons (Fsp3) is 0.429. The molecule has 8 nitrogen and oxygen atoms in total. The number of halogens is 1. The number of carbonyl (C=O) groups is 2. The lowest BCUT2D eigenvalue weighted by atomic mass is 9.93. The van der Waals surface area contributed by atoms with E-state index >= 15 is 0 Å². The lowest BCUT2D eigenvalue weighted by Gasteiger charge is -2.29. The van der Waals surface area contributed by atoms with E-state index in [1.807, 2.05) is 0 Å². The Kier molecular flexibility index (Phi) is 6.77. The molecule has 0 aliphatic heterocycles. The number of benzene rings is 1. The number of nitrogens with one attached hydrogen (secondary N) is 1. The molecule has 0 saturated heterocycles. The van der Waals surface area contributed by atoms with Crippen LogP contribution < -0.4 is 5.32 Å². The number of phenolic OH excluding ortho intramolecular Hbond substituents is 1. The van der Waals surface area contributed by atoms with Gasteiger partial charge in [0.05, 0.1) is 18.9 Å².